The van der Waals surface area contributed by atoms with Crippen LogP contribution in [0.1, 0.15) is 42.1 Å². The van der Waals surface area contributed by atoms with Crippen molar-refractivity contribution in [2.24, 2.45) is 0 Å². The number of carbonyl (C=O) groups is 3. The summed E-state index contributed by atoms with van der Waals surface area (Å²) in [4.78, 5) is 39.5. The highest BCUT2D eigenvalue weighted by Crippen LogP contribution is 2.38. The summed E-state index contributed by atoms with van der Waals surface area (Å²) in [6.45, 7) is 4.44. The fourth-order valence-electron chi connectivity index (χ4n) is 5.37. The van der Waals surface area contributed by atoms with Gasteiger partial charge in [-0.25, -0.2) is 8.42 Å². The number of hydrogen-bond acceptors (Lipinski definition) is 7. The fraction of sp³-hybridized carbons (Fsp3) is 0.444. The molecule has 5 rings (SSSR count). The van der Waals surface area contributed by atoms with E-state index in [0.29, 0.717) is 48.7 Å². The number of nitrogens with zero attached hydrogens (tertiary/aromatic N) is 2. The van der Waals surface area contributed by atoms with Crippen LogP contribution in [0.25, 0.3) is 0 Å². The zero-order valence-corrected chi connectivity index (χ0v) is 22.8. The molecule has 39 heavy (non-hydrogen) atoms. The average Bonchev–Trinajstić information content (AvgIpc) is 3.32. The molecule has 0 radical (unpaired) electrons. The van der Waals surface area contributed by atoms with E-state index in [1.807, 2.05) is 6.92 Å². The Hall–Kier alpha value is -3.64. The molecule has 3 heterocycles. The molecule has 2 N–H and O–H groups in total. The summed E-state index contributed by atoms with van der Waals surface area (Å²) in [6, 6.07) is 8.43. The SMILES string of the molecule is CC(=O)N1CCOc2ccc(S(=O)(=O)N3[C@@H]4CC[C@H]3CC(=O)NCCOc3cc(ccc3C)C(=O)NC4)cc21. The summed E-state index contributed by atoms with van der Waals surface area (Å²) in [6.07, 6.45) is 0.920. The van der Waals surface area contributed by atoms with Crippen molar-refractivity contribution in [2.75, 3.05) is 37.7 Å². The Kier molecular flexibility index (Phi) is 7.50. The maximum absolute atomic E-state index is 14.1. The molecule has 1 saturated heterocycles. The van der Waals surface area contributed by atoms with Crippen molar-refractivity contribution in [3.63, 3.8) is 0 Å². The number of ether oxygens (including phenoxy) is 2. The van der Waals surface area contributed by atoms with Gasteiger partial charge in [-0.2, -0.15) is 4.31 Å². The van der Waals surface area contributed by atoms with Gasteiger partial charge in [0.15, 0.2) is 0 Å². The third kappa shape index (κ3) is 5.44. The lowest BCUT2D eigenvalue weighted by Gasteiger charge is -2.32. The molecule has 4 bridgehead atoms. The Morgan fingerprint density at radius 1 is 0.974 bits per heavy atom. The lowest BCUT2D eigenvalue weighted by atomic mass is 10.1. The van der Waals surface area contributed by atoms with Crippen molar-refractivity contribution in [2.45, 2.75) is 50.1 Å². The van der Waals surface area contributed by atoms with Gasteiger partial charge in [-0.05, 0) is 55.7 Å². The van der Waals surface area contributed by atoms with Gasteiger partial charge in [0, 0.05) is 37.5 Å². The van der Waals surface area contributed by atoms with Gasteiger partial charge in [0.25, 0.3) is 5.91 Å². The lowest BCUT2D eigenvalue weighted by molar-refractivity contribution is -0.122. The van der Waals surface area contributed by atoms with Crippen molar-refractivity contribution in [3.05, 3.63) is 47.5 Å². The maximum atomic E-state index is 14.1. The van der Waals surface area contributed by atoms with Gasteiger partial charge < -0.3 is 25.0 Å². The van der Waals surface area contributed by atoms with Crippen LogP contribution in [0.3, 0.4) is 0 Å². The standard InChI is InChI=1S/C27H32N4O7S/c1-17-3-4-19-13-25(17)37-11-9-28-26(33)14-20-5-6-21(16-29-27(19)34)31(20)39(35,36)22-7-8-24-23(15-22)30(18(2)32)10-12-38-24/h3-4,7-8,13,15,20-21H,5-6,9-12,14,16H2,1-2H3,(H,28,33)(H,29,34)/t20-,21+/m0/s1. The van der Waals surface area contributed by atoms with Crippen LogP contribution >= 0.6 is 0 Å². The van der Waals surface area contributed by atoms with Crippen LogP contribution in [0.15, 0.2) is 41.3 Å². The third-order valence-corrected chi connectivity index (χ3v) is 9.35. The number of sulfonamides is 1. The first-order valence-electron chi connectivity index (χ1n) is 13.0. The van der Waals surface area contributed by atoms with Gasteiger partial charge >= 0.3 is 0 Å². The molecule has 12 heteroatoms. The largest absolute Gasteiger partial charge is 0.491 e. The van der Waals surface area contributed by atoms with E-state index in [4.69, 9.17) is 9.47 Å². The Balaban J connectivity index is 1.48. The average molecular weight is 557 g/mol. The summed E-state index contributed by atoms with van der Waals surface area (Å²) in [5, 5.41) is 5.68. The maximum Gasteiger partial charge on any atom is 0.251 e. The molecule has 11 nitrogen and oxygen atoms in total. The Labute approximate surface area is 227 Å². The summed E-state index contributed by atoms with van der Waals surface area (Å²) < 4.78 is 40.9. The minimum atomic E-state index is -4.11. The van der Waals surface area contributed by atoms with E-state index in [9.17, 15) is 22.8 Å². The summed E-state index contributed by atoms with van der Waals surface area (Å²) in [5.41, 5.74) is 1.65. The highest BCUT2D eigenvalue weighted by Gasteiger charge is 2.43. The first-order valence-corrected chi connectivity index (χ1v) is 14.5. The Bertz CT molecular complexity index is 1410. The van der Waals surface area contributed by atoms with Gasteiger partial charge in [0.1, 0.15) is 24.7 Å². The Morgan fingerprint density at radius 3 is 2.54 bits per heavy atom. The molecule has 3 amide bonds. The number of anilines is 1. The highest BCUT2D eigenvalue weighted by atomic mass is 32.2. The van der Waals surface area contributed by atoms with Crippen molar-refractivity contribution >= 4 is 33.4 Å². The van der Waals surface area contributed by atoms with E-state index in [1.54, 1.807) is 24.3 Å². The number of fused-ring (bicyclic) bond motifs is 5. The fourth-order valence-corrected chi connectivity index (χ4v) is 7.26. The molecule has 0 saturated carbocycles. The molecule has 3 aliphatic rings. The van der Waals surface area contributed by atoms with Gasteiger partial charge in [0.05, 0.1) is 23.7 Å². The molecular weight excluding hydrogens is 524 g/mol. The van der Waals surface area contributed by atoms with Crippen molar-refractivity contribution in [1.82, 2.24) is 14.9 Å². The van der Waals surface area contributed by atoms with Crippen molar-refractivity contribution < 1.29 is 32.3 Å². The van der Waals surface area contributed by atoms with E-state index in [2.05, 4.69) is 10.6 Å². The minimum absolute atomic E-state index is 0.00359. The smallest absolute Gasteiger partial charge is 0.251 e. The normalized spacial score (nSPS) is 22.4. The topological polar surface area (TPSA) is 134 Å². The van der Waals surface area contributed by atoms with Gasteiger partial charge in [-0.1, -0.05) is 6.07 Å². The first-order chi connectivity index (χ1) is 18.6. The van der Waals surface area contributed by atoms with Crippen LogP contribution in [0, 0.1) is 6.92 Å². The number of rotatable bonds is 2. The molecule has 2 atom stereocenters. The highest BCUT2D eigenvalue weighted by molar-refractivity contribution is 7.89. The Morgan fingerprint density at radius 2 is 1.74 bits per heavy atom. The van der Waals surface area contributed by atoms with Crippen LogP contribution in [0.2, 0.25) is 0 Å². The zero-order valence-electron chi connectivity index (χ0n) is 21.9. The number of nitrogens with one attached hydrogen (secondary N) is 2. The van der Waals surface area contributed by atoms with Gasteiger partial charge in [-0.3, -0.25) is 14.4 Å². The third-order valence-electron chi connectivity index (χ3n) is 7.35. The summed E-state index contributed by atoms with van der Waals surface area (Å²) in [7, 11) is -4.11. The summed E-state index contributed by atoms with van der Waals surface area (Å²) >= 11 is 0. The molecule has 3 aliphatic heterocycles. The van der Waals surface area contributed by atoms with Crippen LogP contribution in [0.4, 0.5) is 5.69 Å². The quantitative estimate of drug-likeness (QED) is 0.574. The van der Waals surface area contributed by atoms with Crippen LogP contribution < -0.4 is 25.0 Å². The number of hydrogen-bond donors (Lipinski definition) is 2. The number of amides is 3. The van der Waals surface area contributed by atoms with E-state index < -0.39 is 22.1 Å². The van der Waals surface area contributed by atoms with Gasteiger partial charge in [0.2, 0.25) is 21.8 Å². The molecule has 0 aliphatic carbocycles. The second kappa shape index (κ2) is 10.9. The predicted octanol–water partition coefficient (Wildman–Crippen LogP) is 1.59. The molecular formula is C27H32N4O7S. The molecule has 0 aromatic heterocycles. The molecule has 2 aromatic carbocycles. The van der Waals surface area contributed by atoms with E-state index in [1.165, 1.54) is 28.3 Å². The molecule has 0 spiro atoms. The first kappa shape index (κ1) is 26.9. The van der Waals surface area contributed by atoms with Crippen LogP contribution in [-0.4, -0.2) is 75.4 Å². The monoisotopic (exact) mass is 556 g/mol. The second-order valence-electron chi connectivity index (χ2n) is 9.96. The second-order valence-corrected chi connectivity index (χ2v) is 11.8. The van der Waals surface area contributed by atoms with Gasteiger partial charge in [-0.15, -0.1) is 0 Å². The molecule has 2 aromatic rings. The van der Waals surface area contributed by atoms with E-state index >= 15 is 0 Å². The number of aryl methyl sites for hydroxylation is 1. The zero-order chi connectivity index (χ0) is 27.7. The minimum Gasteiger partial charge on any atom is -0.491 e. The van der Waals surface area contributed by atoms with Crippen LogP contribution in [0.5, 0.6) is 11.5 Å². The van der Waals surface area contributed by atoms with Crippen LogP contribution in [-0.2, 0) is 19.6 Å². The molecule has 1 fully saturated rings. The summed E-state index contributed by atoms with van der Waals surface area (Å²) in [5.74, 6) is 0.143. The number of carbonyl (C=O) groups excluding carboxylic acids is 3. The van der Waals surface area contributed by atoms with E-state index in [0.717, 1.165) is 5.56 Å². The van der Waals surface area contributed by atoms with Crippen molar-refractivity contribution in [3.8, 4) is 11.5 Å². The number of benzene rings is 2. The van der Waals surface area contributed by atoms with Crippen molar-refractivity contribution in [1.29, 1.82) is 0 Å². The molecule has 0 unspecified atom stereocenters. The molecule has 208 valence electrons. The van der Waals surface area contributed by atoms with E-state index in [-0.39, 0.29) is 48.7 Å². The lowest BCUT2D eigenvalue weighted by Crippen LogP contribution is -2.47. The predicted molar refractivity (Wildman–Crippen MR) is 142 cm³/mol.